The van der Waals surface area contributed by atoms with E-state index in [9.17, 15) is 4.21 Å². The van der Waals surface area contributed by atoms with Gasteiger partial charge in [-0.05, 0) is 6.42 Å². The Hall–Kier alpha value is 1.33. The van der Waals surface area contributed by atoms with Crippen LogP contribution in [0.5, 0.6) is 0 Å². The van der Waals surface area contributed by atoms with Crippen LogP contribution >= 0.6 is 0 Å². The van der Waals surface area contributed by atoms with Crippen LogP contribution in [0.25, 0.3) is 0 Å². The van der Waals surface area contributed by atoms with Crippen LogP contribution in [-0.2, 0) is 20.0 Å². The quantitative estimate of drug-likeness (QED) is 0.592. The average Bonchev–Trinajstić information content (AvgIpc) is 1.30. The van der Waals surface area contributed by atoms with Gasteiger partial charge < -0.3 is 4.55 Å². The molecule has 8 heavy (non-hydrogen) atoms. The molecule has 0 aromatic carbocycles. The zero-order valence-electron chi connectivity index (χ0n) is 5.09. The van der Waals surface area contributed by atoms with Crippen LogP contribution in [0.3, 0.4) is 0 Å². The molecule has 0 aliphatic heterocycles. The fourth-order valence-corrected chi connectivity index (χ4v) is 1.27. The second-order valence-electron chi connectivity index (χ2n) is 1.29. The van der Waals surface area contributed by atoms with E-state index in [1.54, 1.807) is 0 Å². The molecule has 0 aliphatic carbocycles. The first-order valence-electron chi connectivity index (χ1n) is 2.01. The predicted molar refractivity (Wildman–Crippen MR) is 39.0 cm³/mol. The maximum absolute atomic E-state index is 10.2. The van der Waals surface area contributed by atoms with E-state index in [2.05, 4.69) is 11.2 Å². The van der Waals surface area contributed by atoms with Crippen molar-refractivity contribution < 1.29 is 8.76 Å². The van der Waals surface area contributed by atoms with Gasteiger partial charge in [-0.25, -0.2) is 4.21 Å². The maximum atomic E-state index is 10.2. The fraction of sp³-hybridized carbons (Fsp3) is 1.00. The van der Waals surface area contributed by atoms with Crippen LogP contribution in [0.15, 0.2) is 0 Å². The molecule has 0 aromatic rings. The zero-order valence-corrected chi connectivity index (χ0v) is 8.72. The third kappa shape index (κ3) is 10.3. The maximum Gasteiger partial charge on any atom is 0.141 e. The van der Waals surface area contributed by atoms with Crippen molar-refractivity contribution in [2.45, 2.75) is 13.3 Å². The Morgan fingerprint density at radius 2 is 2.12 bits per heavy atom. The molecule has 2 nitrogen and oxygen atoms in total. The molecule has 0 amide bonds. The molecule has 0 aromatic heterocycles. The monoisotopic (exact) mass is 163 g/mol. The average molecular weight is 163 g/mol. The SMILES string of the molecule is CCCS(=O)(O)=S.[Na]. The summed E-state index contributed by atoms with van der Waals surface area (Å²) >= 11 is 4.17. The van der Waals surface area contributed by atoms with Crippen molar-refractivity contribution in [3.8, 4) is 0 Å². The first kappa shape index (κ1) is 12.0. The van der Waals surface area contributed by atoms with Crippen LogP contribution < -0.4 is 0 Å². The second-order valence-corrected chi connectivity index (χ2v) is 4.42. The number of hydrogen-bond donors (Lipinski definition) is 1. The summed E-state index contributed by atoms with van der Waals surface area (Å²) in [6.45, 7) is 1.82. The first-order chi connectivity index (χ1) is 3.06. The third-order valence-electron chi connectivity index (χ3n) is 0.462. The summed E-state index contributed by atoms with van der Waals surface area (Å²) in [5.41, 5.74) is 0. The van der Waals surface area contributed by atoms with E-state index in [0.717, 1.165) is 0 Å². The molecule has 0 saturated heterocycles. The summed E-state index contributed by atoms with van der Waals surface area (Å²) in [6, 6.07) is 0. The van der Waals surface area contributed by atoms with Crippen LogP contribution in [0.4, 0.5) is 0 Å². The van der Waals surface area contributed by atoms with Crippen molar-refractivity contribution in [3.05, 3.63) is 0 Å². The molecule has 1 unspecified atom stereocenters. The van der Waals surface area contributed by atoms with Gasteiger partial charge in [0, 0.05) is 46.5 Å². The largest absolute Gasteiger partial charge is 0.306 e. The van der Waals surface area contributed by atoms with Crippen LogP contribution in [0.1, 0.15) is 13.3 Å². The van der Waals surface area contributed by atoms with Crippen molar-refractivity contribution in [2.75, 3.05) is 5.75 Å². The minimum absolute atomic E-state index is 0. The first-order valence-corrected chi connectivity index (χ1v) is 4.62. The van der Waals surface area contributed by atoms with E-state index in [1.165, 1.54) is 0 Å². The van der Waals surface area contributed by atoms with E-state index in [-0.39, 0.29) is 35.3 Å². The summed E-state index contributed by atoms with van der Waals surface area (Å²) in [5, 5.41) is 0. The predicted octanol–water partition coefficient (Wildman–Crippen LogP) is 0.235. The molecule has 0 rings (SSSR count). The Morgan fingerprint density at radius 1 is 1.75 bits per heavy atom. The minimum Gasteiger partial charge on any atom is -0.306 e. The molecule has 1 atom stereocenters. The molecule has 0 bridgehead atoms. The van der Waals surface area contributed by atoms with Gasteiger partial charge in [-0.2, -0.15) is 0 Å². The van der Waals surface area contributed by atoms with E-state index < -0.39 is 8.77 Å². The van der Waals surface area contributed by atoms with Gasteiger partial charge in [0.2, 0.25) is 0 Å². The van der Waals surface area contributed by atoms with Crippen LogP contribution in [0.2, 0.25) is 0 Å². The van der Waals surface area contributed by atoms with Crippen LogP contribution in [-0.4, -0.2) is 44.1 Å². The molecule has 0 aliphatic rings. The standard InChI is InChI=1S/C3H8O2S2.Na/c1-2-3-7(4,5)6;/h2-3H2,1H3,(H,4,5,6);. The minimum atomic E-state index is -2.84. The van der Waals surface area contributed by atoms with Gasteiger partial charge in [-0.1, -0.05) is 6.92 Å². The molecule has 5 heteroatoms. The van der Waals surface area contributed by atoms with Crippen LogP contribution in [0, 0.1) is 0 Å². The van der Waals surface area contributed by atoms with Gasteiger partial charge in [0.05, 0.1) is 0 Å². The summed E-state index contributed by atoms with van der Waals surface area (Å²) in [4.78, 5) is 0. The molecule has 0 spiro atoms. The van der Waals surface area contributed by atoms with E-state index in [1.807, 2.05) is 6.92 Å². The summed E-state index contributed by atoms with van der Waals surface area (Å²) in [5.74, 6) is 0.238. The van der Waals surface area contributed by atoms with Gasteiger partial charge in [0.15, 0.2) is 0 Å². The molecule has 0 heterocycles. The molecule has 1 N–H and O–H groups in total. The molecule has 1 radical (unpaired) electrons. The van der Waals surface area contributed by atoms with Gasteiger partial charge in [-0.15, -0.1) is 0 Å². The van der Waals surface area contributed by atoms with Crippen molar-refractivity contribution in [1.82, 2.24) is 0 Å². The molecule has 0 fully saturated rings. The number of hydrogen-bond acceptors (Lipinski definition) is 2. The summed E-state index contributed by atoms with van der Waals surface area (Å²) in [6.07, 6.45) is 0.679. The molecular formula is C3H8NaO2S2. The summed E-state index contributed by atoms with van der Waals surface area (Å²) in [7, 11) is -2.84. The van der Waals surface area contributed by atoms with Gasteiger partial charge in [-0.3, -0.25) is 0 Å². The zero-order chi connectivity index (χ0) is 5.91. The number of rotatable bonds is 2. The van der Waals surface area contributed by atoms with Crippen molar-refractivity contribution >= 4 is 49.5 Å². The normalized spacial score (nSPS) is 16.2. The Balaban J connectivity index is 0. The molecular weight excluding hydrogens is 155 g/mol. The van der Waals surface area contributed by atoms with E-state index >= 15 is 0 Å². The second kappa shape index (κ2) is 5.14. The topological polar surface area (TPSA) is 37.3 Å². The third-order valence-corrected chi connectivity index (χ3v) is 1.89. The Kier molecular flexibility index (Phi) is 7.74. The van der Waals surface area contributed by atoms with Gasteiger partial charge in [0.1, 0.15) is 8.77 Å². The summed E-state index contributed by atoms with van der Waals surface area (Å²) < 4.78 is 18.5. The van der Waals surface area contributed by atoms with Crippen molar-refractivity contribution in [1.29, 1.82) is 0 Å². The van der Waals surface area contributed by atoms with Gasteiger partial charge in [0.25, 0.3) is 0 Å². The van der Waals surface area contributed by atoms with E-state index in [4.69, 9.17) is 4.55 Å². The Morgan fingerprint density at radius 3 is 2.12 bits per heavy atom. The van der Waals surface area contributed by atoms with Gasteiger partial charge >= 0.3 is 0 Å². The molecule has 0 saturated carbocycles. The van der Waals surface area contributed by atoms with Crippen molar-refractivity contribution in [2.24, 2.45) is 0 Å². The van der Waals surface area contributed by atoms with Crippen molar-refractivity contribution in [3.63, 3.8) is 0 Å². The fourth-order valence-electron chi connectivity index (χ4n) is 0.258. The molecule has 45 valence electrons. The Labute approximate surface area is 76.8 Å². The van der Waals surface area contributed by atoms with E-state index in [0.29, 0.717) is 6.42 Å². The Bertz CT molecular complexity index is 128. The smallest absolute Gasteiger partial charge is 0.141 e.